The van der Waals surface area contributed by atoms with E-state index < -0.39 is 0 Å². The molecule has 0 saturated heterocycles. The van der Waals surface area contributed by atoms with Gasteiger partial charge in [0, 0.05) is 10.5 Å². The van der Waals surface area contributed by atoms with Crippen molar-refractivity contribution in [3.8, 4) is 0 Å². The number of hydrogen-bond acceptors (Lipinski definition) is 2. The normalized spacial score (nSPS) is 12.2. The van der Waals surface area contributed by atoms with Crippen LogP contribution in [-0.2, 0) is 0 Å². The Labute approximate surface area is 122 Å². The van der Waals surface area contributed by atoms with Gasteiger partial charge < -0.3 is 5.32 Å². The molecule has 0 saturated carbocycles. The lowest BCUT2D eigenvalue weighted by Gasteiger charge is -2.17. The predicted octanol–water partition coefficient (Wildman–Crippen LogP) is 4.92. The molecule has 2 aromatic rings. The number of anilines is 1. The highest BCUT2D eigenvalue weighted by Crippen LogP contribution is 2.27. The first-order valence-corrected chi connectivity index (χ1v) is 6.98. The van der Waals surface area contributed by atoms with Crippen LogP contribution >= 0.6 is 31.9 Å². The number of rotatable bonds is 3. The van der Waals surface area contributed by atoms with Crippen molar-refractivity contribution in [2.24, 2.45) is 0 Å². The van der Waals surface area contributed by atoms with Crippen LogP contribution in [0, 0.1) is 5.82 Å². The minimum Gasteiger partial charge on any atom is -0.377 e. The monoisotopic (exact) mass is 372 g/mol. The van der Waals surface area contributed by atoms with Crippen molar-refractivity contribution in [1.29, 1.82) is 0 Å². The molecule has 5 heteroatoms. The van der Waals surface area contributed by atoms with Crippen molar-refractivity contribution in [2.45, 2.75) is 13.0 Å². The molecule has 0 bridgehead atoms. The second-order valence-electron chi connectivity index (χ2n) is 3.90. The molecule has 1 heterocycles. The molecule has 1 aromatic heterocycles. The number of pyridine rings is 1. The molecule has 0 aliphatic carbocycles. The van der Waals surface area contributed by atoms with Gasteiger partial charge in [-0.05, 0) is 52.7 Å². The third kappa shape index (κ3) is 3.29. The van der Waals surface area contributed by atoms with Crippen molar-refractivity contribution in [1.82, 2.24) is 4.98 Å². The molecule has 0 spiro atoms. The molecule has 0 aliphatic rings. The van der Waals surface area contributed by atoms with Crippen molar-refractivity contribution < 1.29 is 4.39 Å². The molecule has 0 radical (unpaired) electrons. The van der Waals surface area contributed by atoms with Gasteiger partial charge in [0.15, 0.2) is 0 Å². The summed E-state index contributed by atoms with van der Waals surface area (Å²) in [7, 11) is 0. The van der Waals surface area contributed by atoms with Gasteiger partial charge in [-0.25, -0.2) is 9.37 Å². The van der Waals surface area contributed by atoms with Gasteiger partial charge >= 0.3 is 0 Å². The largest absolute Gasteiger partial charge is 0.377 e. The predicted molar refractivity (Wildman–Crippen MR) is 78.1 cm³/mol. The third-order valence-electron chi connectivity index (χ3n) is 2.54. The SMILES string of the molecule is CC(Nc1ccc(Br)nc1)c1ccc(F)cc1Br. The Balaban J connectivity index is 2.16. The molecular formula is C13H11Br2FN2. The average Bonchev–Trinajstić information content (AvgIpc) is 2.32. The van der Waals surface area contributed by atoms with Crippen LogP contribution in [-0.4, -0.2) is 4.98 Å². The fraction of sp³-hybridized carbons (Fsp3) is 0.154. The number of nitrogens with one attached hydrogen (secondary N) is 1. The molecule has 18 heavy (non-hydrogen) atoms. The van der Waals surface area contributed by atoms with Crippen LogP contribution in [0.3, 0.4) is 0 Å². The molecule has 1 atom stereocenters. The van der Waals surface area contributed by atoms with E-state index >= 15 is 0 Å². The van der Waals surface area contributed by atoms with E-state index in [1.54, 1.807) is 12.3 Å². The summed E-state index contributed by atoms with van der Waals surface area (Å²) in [4.78, 5) is 4.14. The number of aromatic nitrogens is 1. The maximum absolute atomic E-state index is 13.0. The number of benzene rings is 1. The Morgan fingerprint density at radius 3 is 2.61 bits per heavy atom. The van der Waals surface area contributed by atoms with Gasteiger partial charge in [-0.3, -0.25) is 0 Å². The van der Waals surface area contributed by atoms with Crippen LogP contribution in [0.25, 0.3) is 0 Å². The molecular weight excluding hydrogens is 363 g/mol. The first-order chi connectivity index (χ1) is 8.56. The molecule has 2 rings (SSSR count). The summed E-state index contributed by atoms with van der Waals surface area (Å²) in [5.74, 6) is -0.247. The zero-order valence-electron chi connectivity index (χ0n) is 9.62. The van der Waals surface area contributed by atoms with Gasteiger partial charge in [0.1, 0.15) is 10.4 Å². The zero-order valence-corrected chi connectivity index (χ0v) is 12.8. The second kappa shape index (κ2) is 5.80. The van der Waals surface area contributed by atoms with Crippen LogP contribution in [0.5, 0.6) is 0 Å². The van der Waals surface area contributed by atoms with Crippen molar-refractivity contribution >= 4 is 37.5 Å². The Hall–Kier alpha value is -0.940. The lowest BCUT2D eigenvalue weighted by Crippen LogP contribution is -2.07. The molecule has 1 aromatic carbocycles. The Morgan fingerprint density at radius 1 is 1.22 bits per heavy atom. The van der Waals surface area contributed by atoms with Gasteiger partial charge in [-0.2, -0.15) is 0 Å². The van der Waals surface area contributed by atoms with Crippen molar-refractivity contribution in [2.75, 3.05) is 5.32 Å². The maximum atomic E-state index is 13.0. The summed E-state index contributed by atoms with van der Waals surface area (Å²) in [5, 5.41) is 3.31. The van der Waals surface area contributed by atoms with E-state index in [0.717, 1.165) is 20.3 Å². The number of hydrogen-bond donors (Lipinski definition) is 1. The van der Waals surface area contributed by atoms with Gasteiger partial charge in [-0.1, -0.05) is 22.0 Å². The lowest BCUT2D eigenvalue weighted by atomic mass is 10.1. The van der Waals surface area contributed by atoms with E-state index in [1.165, 1.54) is 12.1 Å². The third-order valence-corrected chi connectivity index (χ3v) is 3.70. The standard InChI is InChI=1S/C13H11Br2FN2/c1-8(11-4-2-9(16)6-12(11)14)18-10-3-5-13(15)17-7-10/h2-8,18H,1H3. The highest BCUT2D eigenvalue weighted by Gasteiger charge is 2.10. The van der Waals surface area contributed by atoms with Gasteiger partial charge in [0.2, 0.25) is 0 Å². The van der Waals surface area contributed by atoms with Gasteiger partial charge in [0.05, 0.1) is 11.9 Å². The Morgan fingerprint density at radius 2 is 2.00 bits per heavy atom. The van der Waals surface area contributed by atoms with E-state index in [9.17, 15) is 4.39 Å². The molecule has 0 amide bonds. The summed E-state index contributed by atoms with van der Waals surface area (Å²) in [5.41, 5.74) is 1.92. The van der Waals surface area contributed by atoms with E-state index in [1.807, 2.05) is 19.1 Å². The van der Waals surface area contributed by atoms with Crippen LogP contribution in [0.15, 0.2) is 45.6 Å². The molecule has 1 N–H and O–H groups in total. The first kappa shape index (κ1) is 13.5. The summed E-state index contributed by atoms with van der Waals surface area (Å²) in [6.07, 6.45) is 1.75. The molecule has 1 unspecified atom stereocenters. The van der Waals surface area contributed by atoms with E-state index in [-0.39, 0.29) is 11.9 Å². The van der Waals surface area contributed by atoms with E-state index in [0.29, 0.717) is 0 Å². The second-order valence-corrected chi connectivity index (χ2v) is 5.57. The van der Waals surface area contributed by atoms with Crippen LogP contribution in [0.2, 0.25) is 0 Å². The highest BCUT2D eigenvalue weighted by molar-refractivity contribution is 9.10. The van der Waals surface area contributed by atoms with Crippen LogP contribution in [0.1, 0.15) is 18.5 Å². The molecule has 94 valence electrons. The lowest BCUT2D eigenvalue weighted by molar-refractivity contribution is 0.625. The smallest absolute Gasteiger partial charge is 0.124 e. The van der Waals surface area contributed by atoms with Crippen molar-refractivity contribution in [3.05, 3.63) is 57.0 Å². The minimum atomic E-state index is -0.247. The van der Waals surface area contributed by atoms with E-state index in [4.69, 9.17) is 0 Å². The summed E-state index contributed by atoms with van der Waals surface area (Å²) < 4.78 is 14.6. The van der Waals surface area contributed by atoms with Crippen molar-refractivity contribution in [3.63, 3.8) is 0 Å². The summed E-state index contributed by atoms with van der Waals surface area (Å²) >= 11 is 6.66. The summed E-state index contributed by atoms with van der Waals surface area (Å²) in [6.45, 7) is 2.01. The quantitative estimate of drug-likeness (QED) is 0.772. The highest BCUT2D eigenvalue weighted by atomic mass is 79.9. The topological polar surface area (TPSA) is 24.9 Å². The maximum Gasteiger partial charge on any atom is 0.124 e. The summed E-state index contributed by atoms with van der Waals surface area (Å²) in [6, 6.07) is 8.55. The zero-order chi connectivity index (χ0) is 13.1. The number of nitrogens with zero attached hydrogens (tertiary/aromatic N) is 1. The first-order valence-electron chi connectivity index (χ1n) is 5.39. The fourth-order valence-corrected chi connectivity index (χ4v) is 2.57. The molecule has 0 aliphatic heterocycles. The van der Waals surface area contributed by atoms with Gasteiger partial charge in [-0.15, -0.1) is 0 Å². The Kier molecular flexibility index (Phi) is 4.35. The van der Waals surface area contributed by atoms with Gasteiger partial charge in [0.25, 0.3) is 0 Å². The number of halogens is 3. The molecule has 0 fully saturated rings. The molecule has 2 nitrogen and oxygen atoms in total. The average molecular weight is 374 g/mol. The van der Waals surface area contributed by atoms with Crippen LogP contribution in [0.4, 0.5) is 10.1 Å². The Bertz CT molecular complexity index is 543. The van der Waals surface area contributed by atoms with Crippen LogP contribution < -0.4 is 5.32 Å². The fourth-order valence-electron chi connectivity index (χ4n) is 1.64. The van der Waals surface area contributed by atoms with E-state index in [2.05, 4.69) is 42.2 Å². The minimum absolute atomic E-state index is 0.0583.